The Kier molecular flexibility index (Phi) is 3.59. The van der Waals surface area contributed by atoms with Gasteiger partial charge in [-0.15, -0.1) is 0 Å². The highest BCUT2D eigenvalue weighted by Crippen LogP contribution is 2.41. The Labute approximate surface area is 99.6 Å². The summed E-state index contributed by atoms with van der Waals surface area (Å²) in [5.41, 5.74) is 5.27. The Balaban J connectivity index is 3.22. The Morgan fingerprint density at radius 2 is 1.80 bits per heavy atom. The number of aliphatic hydroxyl groups is 1. The summed E-state index contributed by atoms with van der Waals surface area (Å²) in [6, 6.07) is 7.69. The molecule has 1 rings (SSSR count). The molecule has 0 spiro atoms. The van der Waals surface area contributed by atoms with Crippen molar-refractivity contribution in [3.8, 4) is 0 Å². The first kappa shape index (κ1) is 12.7. The maximum absolute atomic E-state index is 10.6. The summed E-state index contributed by atoms with van der Waals surface area (Å²) in [5.74, 6) is 0. The van der Waals surface area contributed by atoms with E-state index in [1.165, 1.54) is 0 Å². The van der Waals surface area contributed by atoms with E-state index >= 15 is 0 Å². The van der Waals surface area contributed by atoms with Gasteiger partial charge in [0.1, 0.15) is 0 Å². The quantitative estimate of drug-likeness (QED) is 0.888. The number of hydrogen-bond donors (Lipinski definition) is 2. The predicted molar refractivity (Wildman–Crippen MR) is 66.5 cm³/mol. The fourth-order valence-electron chi connectivity index (χ4n) is 1.42. The van der Waals surface area contributed by atoms with E-state index in [0.717, 1.165) is 10.0 Å². The van der Waals surface area contributed by atoms with Gasteiger partial charge in [-0.25, -0.2) is 0 Å². The summed E-state index contributed by atoms with van der Waals surface area (Å²) in [6.45, 7) is 6.17. The van der Waals surface area contributed by atoms with Crippen LogP contribution in [0.25, 0.3) is 0 Å². The van der Waals surface area contributed by atoms with Crippen molar-refractivity contribution in [3.63, 3.8) is 0 Å². The van der Waals surface area contributed by atoms with Gasteiger partial charge < -0.3 is 10.8 Å². The van der Waals surface area contributed by atoms with E-state index in [-0.39, 0.29) is 5.41 Å². The molecule has 0 bridgehead atoms. The standard InChI is InChI=1S/C12H18BrNO/c1-11(2,8-14)12(3,15)9-6-4-5-7-10(9)13/h4-7,15H,8,14H2,1-3H3. The fraction of sp³-hybridized carbons (Fsp3) is 0.500. The summed E-state index contributed by atoms with van der Waals surface area (Å²) in [4.78, 5) is 0. The smallest absolute Gasteiger partial charge is 0.0942 e. The zero-order valence-electron chi connectivity index (χ0n) is 9.42. The Morgan fingerprint density at radius 1 is 1.27 bits per heavy atom. The zero-order valence-corrected chi connectivity index (χ0v) is 11.0. The summed E-state index contributed by atoms with van der Waals surface area (Å²) < 4.78 is 0.913. The van der Waals surface area contributed by atoms with Crippen LogP contribution in [0.2, 0.25) is 0 Å². The molecule has 0 amide bonds. The van der Waals surface area contributed by atoms with Crippen molar-refractivity contribution in [2.45, 2.75) is 26.4 Å². The van der Waals surface area contributed by atoms with E-state index in [9.17, 15) is 5.11 Å². The van der Waals surface area contributed by atoms with Crippen molar-refractivity contribution in [2.75, 3.05) is 6.54 Å². The van der Waals surface area contributed by atoms with Crippen molar-refractivity contribution in [1.29, 1.82) is 0 Å². The third kappa shape index (κ3) is 2.25. The molecular weight excluding hydrogens is 254 g/mol. The van der Waals surface area contributed by atoms with Gasteiger partial charge >= 0.3 is 0 Å². The fourth-order valence-corrected chi connectivity index (χ4v) is 2.09. The molecule has 3 N–H and O–H groups in total. The molecule has 0 fully saturated rings. The van der Waals surface area contributed by atoms with Crippen LogP contribution < -0.4 is 5.73 Å². The van der Waals surface area contributed by atoms with Crippen LogP contribution in [-0.4, -0.2) is 11.7 Å². The minimum Gasteiger partial charge on any atom is -0.385 e. The molecule has 15 heavy (non-hydrogen) atoms. The molecule has 0 saturated heterocycles. The van der Waals surface area contributed by atoms with E-state index in [1.54, 1.807) is 6.92 Å². The number of hydrogen-bond acceptors (Lipinski definition) is 2. The molecule has 1 atom stereocenters. The van der Waals surface area contributed by atoms with Crippen LogP contribution in [0.5, 0.6) is 0 Å². The molecule has 0 aliphatic heterocycles. The highest BCUT2D eigenvalue weighted by Gasteiger charge is 2.40. The van der Waals surface area contributed by atoms with Gasteiger partial charge in [-0.05, 0) is 18.6 Å². The number of nitrogens with two attached hydrogens (primary N) is 1. The summed E-state index contributed by atoms with van der Waals surface area (Å²) in [7, 11) is 0. The van der Waals surface area contributed by atoms with Crippen molar-refractivity contribution >= 4 is 15.9 Å². The lowest BCUT2D eigenvalue weighted by molar-refractivity contribution is -0.0527. The molecule has 3 heteroatoms. The molecule has 1 aromatic carbocycles. The lowest BCUT2D eigenvalue weighted by Gasteiger charge is -2.40. The summed E-state index contributed by atoms with van der Waals surface area (Å²) in [6.07, 6.45) is 0. The van der Waals surface area contributed by atoms with E-state index in [4.69, 9.17) is 5.73 Å². The van der Waals surface area contributed by atoms with Gasteiger partial charge in [0.05, 0.1) is 5.60 Å². The minimum absolute atomic E-state index is 0.364. The van der Waals surface area contributed by atoms with Crippen LogP contribution in [0.3, 0.4) is 0 Å². The van der Waals surface area contributed by atoms with Crippen LogP contribution >= 0.6 is 15.9 Å². The zero-order chi connectivity index (χ0) is 11.7. The monoisotopic (exact) mass is 271 g/mol. The van der Waals surface area contributed by atoms with Gasteiger partial charge in [0.25, 0.3) is 0 Å². The Bertz CT molecular complexity index is 347. The van der Waals surface area contributed by atoms with Gasteiger partial charge in [-0.2, -0.15) is 0 Å². The highest BCUT2D eigenvalue weighted by atomic mass is 79.9. The maximum Gasteiger partial charge on any atom is 0.0942 e. The van der Waals surface area contributed by atoms with Gasteiger partial charge in [-0.3, -0.25) is 0 Å². The van der Waals surface area contributed by atoms with E-state index in [2.05, 4.69) is 15.9 Å². The first-order valence-electron chi connectivity index (χ1n) is 5.00. The Morgan fingerprint density at radius 3 is 2.27 bits per heavy atom. The third-order valence-electron chi connectivity index (χ3n) is 3.23. The molecule has 0 aliphatic carbocycles. The van der Waals surface area contributed by atoms with Crippen molar-refractivity contribution < 1.29 is 5.11 Å². The minimum atomic E-state index is -0.943. The molecule has 1 aromatic rings. The second-order valence-corrected chi connectivity index (χ2v) is 5.49. The lowest BCUT2D eigenvalue weighted by atomic mass is 9.72. The maximum atomic E-state index is 10.6. The topological polar surface area (TPSA) is 46.2 Å². The third-order valence-corrected chi connectivity index (χ3v) is 3.92. The number of halogens is 1. The van der Waals surface area contributed by atoms with E-state index in [0.29, 0.717) is 6.54 Å². The average Bonchev–Trinajstić information content (AvgIpc) is 2.18. The van der Waals surface area contributed by atoms with Crippen LogP contribution in [0.4, 0.5) is 0 Å². The Hall–Kier alpha value is -0.380. The summed E-state index contributed by atoms with van der Waals surface area (Å²) >= 11 is 3.45. The molecule has 0 aliphatic rings. The molecule has 0 aromatic heterocycles. The molecular formula is C12H18BrNO. The number of rotatable bonds is 3. The van der Waals surface area contributed by atoms with Crippen LogP contribution in [0.15, 0.2) is 28.7 Å². The van der Waals surface area contributed by atoms with Crippen LogP contribution in [0.1, 0.15) is 26.3 Å². The molecule has 2 nitrogen and oxygen atoms in total. The molecule has 0 radical (unpaired) electrons. The normalized spacial score (nSPS) is 16.1. The van der Waals surface area contributed by atoms with E-state index in [1.807, 2.05) is 38.1 Å². The molecule has 1 unspecified atom stereocenters. The van der Waals surface area contributed by atoms with Gasteiger partial charge in [-0.1, -0.05) is 48.0 Å². The molecule has 84 valence electrons. The van der Waals surface area contributed by atoms with Crippen molar-refractivity contribution in [2.24, 2.45) is 11.1 Å². The second-order valence-electron chi connectivity index (χ2n) is 4.64. The average molecular weight is 272 g/mol. The first-order valence-corrected chi connectivity index (χ1v) is 5.79. The highest BCUT2D eigenvalue weighted by molar-refractivity contribution is 9.10. The number of benzene rings is 1. The van der Waals surface area contributed by atoms with Crippen LogP contribution in [0, 0.1) is 5.41 Å². The SMILES string of the molecule is CC(C)(CN)C(C)(O)c1ccccc1Br. The predicted octanol–water partition coefficient (Wildman–Crippen LogP) is 2.64. The van der Waals surface area contributed by atoms with E-state index < -0.39 is 5.60 Å². The molecule has 0 saturated carbocycles. The second kappa shape index (κ2) is 4.24. The molecule has 0 heterocycles. The van der Waals surface area contributed by atoms with Gasteiger partial charge in [0.15, 0.2) is 0 Å². The lowest BCUT2D eigenvalue weighted by Crippen LogP contribution is -2.44. The van der Waals surface area contributed by atoms with Crippen molar-refractivity contribution in [3.05, 3.63) is 34.3 Å². The van der Waals surface area contributed by atoms with Gasteiger partial charge in [0, 0.05) is 16.4 Å². The van der Waals surface area contributed by atoms with Crippen LogP contribution in [-0.2, 0) is 5.60 Å². The van der Waals surface area contributed by atoms with Crippen molar-refractivity contribution in [1.82, 2.24) is 0 Å². The summed E-state index contributed by atoms with van der Waals surface area (Å²) in [5, 5.41) is 10.6. The van der Waals surface area contributed by atoms with Gasteiger partial charge in [0.2, 0.25) is 0 Å². The first-order chi connectivity index (χ1) is 6.83. The largest absolute Gasteiger partial charge is 0.385 e.